The first-order valence-electron chi connectivity index (χ1n) is 13.9. The summed E-state index contributed by atoms with van der Waals surface area (Å²) in [5.41, 5.74) is 5.73. The second-order valence-electron chi connectivity index (χ2n) is 10.2. The Labute approximate surface area is 234 Å². The van der Waals surface area contributed by atoms with Gasteiger partial charge >= 0.3 is 6.03 Å². The maximum Gasteiger partial charge on any atom is 0.323 e. The average molecular weight is 535 g/mol. The summed E-state index contributed by atoms with van der Waals surface area (Å²) < 4.78 is 0. The lowest BCUT2D eigenvalue weighted by molar-refractivity contribution is 0.262. The summed E-state index contributed by atoms with van der Waals surface area (Å²) >= 11 is 0. The van der Waals surface area contributed by atoms with Gasteiger partial charge in [0.1, 0.15) is 5.82 Å². The molecule has 1 saturated heterocycles. The highest BCUT2D eigenvalue weighted by molar-refractivity contribution is 5.99. The summed E-state index contributed by atoms with van der Waals surface area (Å²) in [7, 11) is 0. The van der Waals surface area contributed by atoms with Crippen LogP contribution in [0.3, 0.4) is 0 Å². The number of imidazole rings is 1. The van der Waals surface area contributed by atoms with E-state index in [1.165, 1.54) is 11.3 Å². The van der Waals surface area contributed by atoms with Crippen molar-refractivity contribution >= 4 is 34.1 Å². The number of azo groups is 1. The van der Waals surface area contributed by atoms with E-state index in [-0.39, 0.29) is 6.03 Å². The Bertz CT molecular complexity index is 1550. The van der Waals surface area contributed by atoms with Gasteiger partial charge in [0.05, 0.1) is 11.0 Å². The minimum Gasteiger partial charge on any atom is -0.369 e. The Hall–Kier alpha value is -4.50. The van der Waals surface area contributed by atoms with Gasteiger partial charge in [0.2, 0.25) is 0 Å². The minimum atomic E-state index is -0.854. The Morgan fingerprint density at radius 2 is 1.75 bits per heavy atom. The summed E-state index contributed by atoms with van der Waals surface area (Å²) in [6, 6.07) is 21.6. The largest absolute Gasteiger partial charge is 0.369 e. The van der Waals surface area contributed by atoms with Gasteiger partial charge < -0.3 is 25.4 Å². The first-order valence-corrected chi connectivity index (χ1v) is 13.9. The number of likely N-dealkylation sites (N-methyl/N-ethyl adjacent to an activating group) is 1. The molecule has 3 N–H and O–H groups in total. The third kappa shape index (κ3) is 5.08. The van der Waals surface area contributed by atoms with Crippen LogP contribution >= 0.6 is 0 Å². The second-order valence-corrected chi connectivity index (χ2v) is 10.2. The van der Waals surface area contributed by atoms with Crippen molar-refractivity contribution in [1.82, 2.24) is 14.9 Å². The van der Waals surface area contributed by atoms with E-state index in [0.29, 0.717) is 11.5 Å². The summed E-state index contributed by atoms with van der Waals surface area (Å²) in [4.78, 5) is 25.9. The highest BCUT2D eigenvalue weighted by Crippen LogP contribution is 2.39. The van der Waals surface area contributed by atoms with Gasteiger partial charge in [-0.1, -0.05) is 38.1 Å². The van der Waals surface area contributed by atoms with Crippen LogP contribution in [0.1, 0.15) is 30.8 Å². The number of carbonyl (C=O) groups excluding carboxylic acids is 1. The number of fused-ring (bicyclic) bond motifs is 1. The smallest absolute Gasteiger partial charge is 0.323 e. The van der Waals surface area contributed by atoms with Gasteiger partial charge in [-0.25, -0.2) is 9.78 Å². The molecule has 1 fully saturated rings. The number of amides is 2. The fourth-order valence-corrected chi connectivity index (χ4v) is 5.38. The van der Waals surface area contributed by atoms with E-state index in [0.717, 1.165) is 61.4 Å². The molecule has 9 nitrogen and oxygen atoms in total. The fourth-order valence-electron chi connectivity index (χ4n) is 5.38. The van der Waals surface area contributed by atoms with Gasteiger partial charge in [0.15, 0.2) is 5.54 Å². The molecule has 0 saturated carbocycles. The highest BCUT2D eigenvalue weighted by atomic mass is 16.2. The molecule has 0 bridgehead atoms. The number of nitrogens with zero attached hydrogens (tertiary/aromatic N) is 5. The quantitative estimate of drug-likeness (QED) is 0.265. The number of benzene rings is 3. The zero-order valence-corrected chi connectivity index (χ0v) is 22.9. The monoisotopic (exact) mass is 534 g/mol. The van der Waals surface area contributed by atoms with Crippen molar-refractivity contribution in [3.8, 4) is 0 Å². The third-order valence-electron chi connectivity index (χ3n) is 7.78. The Balaban J connectivity index is 1.20. The number of hydrogen-bond donors (Lipinski definition) is 3. The maximum atomic E-state index is 12.6. The summed E-state index contributed by atoms with van der Waals surface area (Å²) in [5, 5.41) is 14.6. The van der Waals surface area contributed by atoms with Crippen molar-refractivity contribution in [3.05, 3.63) is 96.0 Å². The van der Waals surface area contributed by atoms with Crippen molar-refractivity contribution in [2.24, 2.45) is 10.2 Å². The second kappa shape index (κ2) is 10.9. The van der Waals surface area contributed by atoms with Crippen LogP contribution in [-0.4, -0.2) is 53.6 Å². The lowest BCUT2D eigenvalue weighted by atomic mass is 9.90. The number of aromatic nitrogens is 2. The SMILES string of the molecule is CCc1cccc(NC(=O)Nc2ccc(C3(c4nc5ccc(N6CCN(CC)CC6)cc5[nH]4)C=CN=N3)cc2)c1. The predicted molar refractivity (Wildman–Crippen MR) is 160 cm³/mol. The van der Waals surface area contributed by atoms with Gasteiger partial charge in [-0.15, -0.1) is 0 Å². The highest BCUT2D eigenvalue weighted by Gasteiger charge is 2.37. The predicted octanol–water partition coefficient (Wildman–Crippen LogP) is 6.13. The minimum absolute atomic E-state index is 0.291. The van der Waals surface area contributed by atoms with Crippen molar-refractivity contribution in [2.45, 2.75) is 25.8 Å². The molecule has 2 aliphatic rings. The lowest BCUT2D eigenvalue weighted by Crippen LogP contribution is -2.46. The lowest BCUT2D eigenvalue weighted by Gasteiger charge is -2.35. The first kappa shape index (κ1) is 25.8. The fraction of sp³-hybridized carbons (Fsp3) is 0.290. The van der Waals surface area contributed by atoms with Crippen LogP contribution in [0.15, 0.2) is 89.2 Å². The van der Waals surface area contributed by atoms with Gasteiger partial charge in [-0.05, 0) is 72.6 Å². The number of hydrogen-bond acceptors (Lipinski definition) is 6. The van der Waals surface area contributed by atoms with Crippen molar-refractivity contribution in [1.29, 1.82) is 0 Å². The first-order chi connectivity index (χ1) is 19.6. The molecule has 3 aromatic carbocycles. The van der Waals surface area contributed by atoms with Crippen LogP contribution in [0, 0.1) is 0 Å². The van der Waals surface area contributed by atoms with E-state index in [2.05, 4.69) is 67.7 Å². The molecule has 6 rings (SSSR count). The van der Waals surface area contributed by atoms with Crippen LogP contribution in [0.5, 0.6) is 0 Å². The third-order valence-corrected chi connectivity index (χ3v) is 7.78. The van der Waals surface area contributed by atoms with E-state index in [1.54, 1.807) is 6.20 Å². The molecule has 0 radical (unpaired) electrons. The molecule has 1 atom stereocenters. The Kier molecular flexibility index (Phi) is 7.04. The number of H-pyrrole nitrogens is 1. The Morgan fingerprint density at radius 1 is 0.950 bits per heavy atom. The number of anilines is 3. The molecule has 0 aliphatic carbocycles. The molecule has 2 aliphatic heterocycles. The van der Waals surface area contributed by atoms with Crippen LogP contribution in [-0.2, 0) is 12.0 Å². The van der Waals surface area contributed by atoms with E-state index >= 15 is 0 Å². The number of carbonyl (C=O) groups is 1. The number of nitrogens with one attached hydrogen (secondary N) is 3. The van der Waals surface area contributed by atoms with Crippen LogP contribution in [0.4, 0.5) is 21.9 Å². The summed E-state index contributed by atoms with van der Waals surface area (Å²) in [5.74, 6) is 0.710. The van der Waals surface area contributed by atoms with Crippen LogP contribution in [0.2, 0.25) is 0 Å². The molecule has 4 aromatic rings. The molecular weight excluding hydrogens is 500 g/mol. The molecular formula is C31H34N8O. The summed E-state index contributed by atoms with van der Waals surface area (Å²) in [6.07, 6.45) is 4.57. The molecule has 1 unspecified atom stereocenters. The molecule has 1 aromatic heterocycles. The summed E-state index contributed by atoms with van der Waals surface area (Å²) in [6.45, 7) is 9.59. The normalized spacial score (nSPS) is 18.9. The molecule has 2 amide bonds. The van der Waals surface area contributed by atoms with Crippen LogP contribution < -0.4 is 15.5 Å². The number of aryl methyl sites for hydroxylation is 1. The molecule has 40 heavy (non-hydrogen) atoms. The van der Waals surface area contributed by atoms with Gasteiger partial charge in [-0.3, -0.25) is 0 Å². The molecule has 0 spiro atoms. The standard InChI is InChI=1S/C31H34N8O/c1-3-22-6-5-7-25(20-22)34-30(40)33-24-10-8-23(9-11-24)31(14-15-32-37-31)29-35-27-13-12-26(21-28(27)36-29)39-18-16-38(4-2)17-19-39/h5-15,20-21H,3-4,16-19H2,1-2H3,(H,35,36)(H2,33,34,40). The number of aromatic amines is 1. The zero-order valence-electron chi connectivity index (χ0n) is 22.9. The van der Waals surface area contributed by atoms with Gasteiger partial charge in [-0.2, -0.15) is 10.2 Å². The van der Waals surface area contributed by atoms with E-state index in [9.17, 15) is 4.79 Å². The van der Waals surface area contributed by atoms with Crippen molar-refractivity contribution in [2.75, 3.05) is 48.3 Å². The topological polar surface area (TPSA) is 101 Å². The van der Waals surface area contributed by atoms with E-state index in [1.807, 2.05) is 54.6 Å². The Morgan fingerprint density at radius 3 is 2.48 bits per heavy atom. The van der Waals surface area contributed by atoms with Gasteiger partial charge in [0.25, 0.3) is 0 Å². The van der Waals surface area contributed by atoms with E-state index in [4.69, 9.17) is 4.98 Å². The maximum absolute atomic E-state index is 12.6. The number of urea groups is 1. The zero-order chi connectivity index (χ0) is 27.5. The van der Waals surface area contributed by atoms with Gasteiger partial charge in [0, 0.05) is 49.4 Å². The van der Waals surface area contributed by atoms with Crippen molar-refractivity contribution in [3.63, 3.8) is 0 Å². The number of piperazine rings is 1. The molecule has 204 valence electrons. The van der Waals surface area contributed by atoms with E-state index < -0.39 is 5.54 Å². The van der Waals surface area contributed by atoms with Crippen molar-refractivity contribution < 1.29 is 4.79 Å². The number of rotatable bonds is 7. The molecule has 9 heteroatoms. The van der Waals surface area contributed by atoms with Crippen LogP contribution in [0.25, 0.3) is 11.0 Å². The average Bonchev–Trinajstić information content (AvgIpc) is 3.66. The molecule has 3 heterocycles.